The Hall–Kier alpha value is -2.30. The first-order chi connectivity index (χ1) is 9.54. The van der Waals surface area contributed by atoms with E-state index in [-0.39, 0.29) is 6.03 Å². The van der Waals surface area contributed by atoms with Crippen LogP contribution in [-0.4, -0.2) is 35.6 Å². The summed E-state index contributed by atoms with van der Waals surface area (Å²) in [6, 6.07) is 6.93. The molecule has 0 unspecified atom stereocenters. The molecule has 0 atom stereocenters. The fraction of sp³-hybridized carbons (Fsp3) is 0.333. The van der Waals surface area contributed by atoms with Gasteiger partial charge >= 0.3 is 12.0 Å². The summed E-state index contributed by atoms with van der Waals surface area (Å²) >= 11 is 0. The number of carbonyl (C=O) groups excluding carboxylic acids is 1. The highest BCUT2D eigenvalue weighted by Gasteiger charge is 2.24. The minimum Gasteiger partial charge on any atom is -0.478 e. The Bertz CT molecular complexity index is 536. The Morgan fingerprint density at radius 2 is 2.20 bits per heavy atom. The van der Waals surface area contributed by atoms with Crippen molar-refractivity contribution in [3.63, 3.8) is 0 Å². The van der Waals surface area contributed by atoms with Crippen LogP contribution in [-0.2, 0) is 4.79 Å². The van der Waals surface area contributed by atoms with E-state index in [2.05, 4.69) is 5.32 Å². The van der Waals surface area contributed by atoms with Crippen LogP contribution in [0.3, 0.4) is 0 Å². The molecule has 0 heterocycles. The zero-order valence-electron chi connectivity index (χ0n) is 11.4. The maximum absolute atomic E-state index is 12.0. The van der Waals surface area contributed by atoms with Crippen molar-refractivity contribution >= 4 is 23.8 Å². The summed E-state index contributed by atoms with van der Waals surface area (Å²) in [6.07, 6.45) is 4.96. The van der Waals surface area contributed by atoms with Gasteiger partial charge in [-0.3, -0.25) is 0 Å². The molecule has 1 aliphatic carbocycles. The predicted molar refractivity (Wildman–Crippen MR) is 77.5 cm³/mol. The summed E-state index contributed by atoms with van der Waals surface area (Å²) in [7, 11) is 1.78. The van der Waals surface area contributed by atoms with Gasteiger partial charge in [0, 0.05) is 25.4 Å². The number of amides is 2. The molecule has 2 N–H and O–H groups in total. The number of carboxylic acids is 1. The van der Waals surface area contributed by atoms with Gasteiger partial charge in [0.1, 0.15) is 0 Å². The Balaban J connectivity index is 1.96. The largest absolute Gasteiger partial charge is 0.478 e. The number of anilines is 1. The van der Waals surface area contributed by atoms with Gasteiger partial charge in [-0.25, -0.2) is 9.59 Å². The van der Waals surface area contributed by atoms with Crippen LogP contribution in [0.15, 0.2) is 30.3 Å². The lowest BCUT2D eigenvalue weighted by Crippen LogP contribution is -2.32. The van der Waals surface area contributed by atoms with Crippen LogP contribution >= 0.6 is 0 Å². The number of hydrogen-bond donors (Lipinski definition) is 2. The van der Waals surface area contributed by atoms with Crippen molar-refractivity contribution in [2.24, 2.45) is 5.92 Å². The van der Waals surface area contributed by atoms with E-state index in [1.807, 2.05) is 0 Å². The van der Waals surface area contributed by atoms with E-state index in [4.69, 9.17) is 5.11 Å². The Morgan fingerprint density at radius 3 is 2.85 bits per heavy atom. The van der Waals surface area contributed by atoms with Gasteiger partial charge in [-0.05, 0) is 42.5 Å². The Labute approximate surface area is 117 Å². The molecule has 2 amide bonds. The van der Waals surface area contributed by atoms with E-state index in [0.717, 1.165) is 18.2 Å². The van der Waals surface area contributed by atoms with Crippen molar-refractivity contribution in [3.05, 3.63) is 35.9 Å². The highest BCUT2D eigenvalue weighted by atomic mass is 16.4. The van der Waals surface area contributed by atoms with E-state index >= 15 is 0 Å². The van der Waals surface area contributed by atoms with Crippen LogP contribution in [0.1, 0.15) is 18.4 Å². The topological polar surface area (TPSA) is 69.6 Å². The van der Waals surface area contributed by atoms with Crippen LogP contribution in [0.5, 0.6) is 0 Å². The number of rotatable bonds is 5. The fourth-order valence-electron chi connectivity index (χ4n) is 1.88. The molecule has 5 nitrogen and oxygen atoms in total. The third-order valence-electron chi connectivity index (χ3n) is 3.13. The summed E-state index contributed by atoms with van der Waals surface area (Å²) in [6.45, 7) is 0.782. The lowest BCUT2D eigenvalue weighted by molar-refractivity contribution is -0.131. The summed E-state index contributed by atoms with van der Waals surface area (Å²) in [5.74, 6) is -0.348. The van der Waals surface area contributed by atoms with Crippen LogP contribution in [0.2, 0.25) is 0 Å². The van der Waals surface area contributed by atoms with Gasteiger partial charge in [0.15, 0.2) is 0 Å². The number of hydrogen-bond acceptors (Lipinski definition) is 2. The molecule has 20 heavy (non-hydrogen) atoms. The second-order valence-electron chi connectivity index (χ2n) is 5.05. The molecule has 5 heteroatoms. The van der Waals surface area contributed by atoms with Crippen molar-refractivity contribution in [3.8, 4) is 0 Å². The molecule has 0 aliphatic heterocycles. The first-order valence-electron chi connectivity index (χ1n) is 6.58. The third kappa shape index (κ3) is 4.42. The van der Waals surface area contributed by atoms with Crippen LogP contribution in [0.4, 0.5) is 10.5 Å². The average Bonchev–Trinajstić information content (AvgIpc) is 3.20. The molecule has 0 radical (unpaired) electrons. The van der Waals surface area contributed by atoms with Crippen LogP contribution in [0.25, 0.3) is 6.08 Å². The second-order valence-corrected chi connectivity index (χ2v) is 5.05. The molecular weight excluding hydrogens is 256 g/mol. The molecule has 106 valence electrons. The number of urea groups is 1. The first kappa shape index (κ1) is 14.1. The molecule has 0 bridgehead atoms. The molecule has 0 spiro atoms. The standard InChI is InChI=1S/C15H18N2O3/c1-17(10-12-5-6-12)15(20)16-13-4-2-3-11(9-13)7-8-14(18)19/h2-4,7-9,12H,5-6,10H2,1H3,(H,16,20)(H,18,19)/b8-7+. The van der Waals surface area contributed by atoms with Gasteiger partial charge in [-0.1, -0.05) is 12.1 Å². The van der Waals surface area contributed by atoms with Crippen LogP contribution in [0, 0.1) is 5.92 Å². The molecule has 0 aromatic heterocycles. The molecule has 1 aliphatic rings. The van der Waals surface area contributed by atoms with E-state index in [0.29, 0.717) is 11.6 Å². The summed E-state index contributed by atoms with van der Waals surface area (Å²) in [5, 5.41) is 11.4. The van der Waals surface area contributed by atoms with Crippen molar-refractivity contribution in [1.82, 2.24) is 4.90 Å². The lowest BCUT2D eigenvalue weighted by Gasteiger charge is -2.17. The van der Waals surface area contributed by atoms with E-state index in [1.54, 1.807) is 36.2 Å². The lowest BCUT2D eigenvalue weighted by atomic mass is 10.2. The van der Waals surface area contributed by atoms with Gasteiger partial charge in [0.25, 0.3) is 0 Å². The maximum Gasteiger partial charge on any atom is 0.328 e. The second kappa shape index (κ2) is 6.23. The molecule has 0 saturated heterocycles. The number of benzene rings is 1. The number of carboxylic acid groups (broad SMARTS) is 1. The van der Waals surface area contributed by atoms with Crippen molar-refractivity contribution in [2.45, 2.75) is 12.8 Å². The highest BCUT2D eigenvalue weighted by molar-refractivity contribution is 5.90. The van der Waals surface area contributed by atoms with E-state index < -0.39 is 5.97 Å². The monoisotopic (exact) mass is 274 g/mol. The molecular formula is C15H18N2O3. The Kier molecular flexibility index (Phi) is 4.40. The SMILES string of the molecule is CN(CC1CC1)C(=O)Nc1cccc(/C=C/C(=O)O)c1. The van der Waals surface area contributed by atoms with Crippen LogP contribution < -0.4 is 5.32 Å². The quantitative estimate of drug-likeness (QED) is 0.811. The van der Waals surface area contributed by atoms with Crippen molar-refractivity contribution in [1.29, 1.82) is 0 Å². The van der Waals surface area contributed by atoms with E-state index in [1.165, 1.54) is 18.9 Å². The van der Waals surface area contributed by atoms with Gasteiger partial charge in [-0.15, -0.1) is 0 Å². The summed E-state index contributed by atoms with van der Waals surface area (Å²) in [4.78, 5) is 24.1. The molecule has 1 aromatic carbocycles. The van der Waals surface area contributed by atoms with Crippen molar-refractivity contribution in [2.75, 3.05) is 18.9 Å². The zero-order chi connectivity index (χ0) is 14.5. The molecule has 2 rings (SSSR count). The number of nitrogens with one attached hydrogen (secondary N) is 1. The average molecular weight is 274 g/mol. The van der Waals surface area contributed by atoms with Gasteiger partial charge in [0.2, 0.25) is 0 Å². The van der Waals surface area contributed by atoms with Gasteiger partial charge in [0.05, 0.1) is 0 Å². The minimum absolute atomic E-state index is 0.142. The normalized spacial score (nSPS) is 14.2. The maximum atomic E-state index is 12.0. The molecule has 1 aromatic rings. The first-order valence-corrected chi connectivity index (χ1v) is 6.58. The summed E-state index contributed by atoms with van der Waals surface area (Å²) in [5.41, 5.74) is 1.39. The number of nitrogens with zero attached hydrogens (tertiary/aromatic N) is 1. The highest BCUT2D eigenvalue weighted by Crippen LogP contribution is 2.29. The predicted octanol–water partition coefficient (Wildman–Crippen LogP) is 2.66. The fourth-order valence-corrected chi connectivity index (χ4v) is 1.88. The third-order valence-corrected chi connectivity index (χ3v) is 3.13. The number of aliphatic carboxylic acids is 1. The van der Waals surface area contributed by atoms with Gasteiger partial charge in [-0.2, -0.15) is 0 Å². The summed E-state index contributed by atoms with van der Waals surface area (Å²) < 4.78 is 0. The van der Waals surface area contributed by atoms with Gasteiger partial charge < -0.3 is 15.3 Å². The Morgan fingerprint density at radius 1 is 1.45 bits per heavy atom. The number of carbonyl (C=O) groups is 2. The zero-order valence-corrected chi connectivity index (χ0v) is 11.4. The van der Waals surface area contributed by atoms with Crippen molar-refractivity contribution < 1.29 is 14.7 Å². The van der Waals surface area contributed by atoms with E-state index in [9.17, 15) is 9.59 Å². The smallest absolute Gasteiger partial charge is 0.328 e. The molecule has 1 saturated carbocycles. The minimum atomic E-state index is -0.997. The molecule has 1 fully saturated rings.